The van der Waals surface area contributed by atoms with Crippen LogP contribution < -0.4 is 24.8 Å². The maximum Gasteiger partial charge on any atom is 0.401 e. The van der Waals surface area contributed by atoms with Gasteiger partial charge in [0.25, 0.3) is 0 Å². The van der Waals surface area contributed by atoms with Gasteiger partial charge in [-0.25, -0.2) is 4.99 Å². The lowest BCUT2D eigenvalue weighted by atomic mass is 10.1. The molecule has 0 unspecified atom stereocenters. The van der Waals surface area contributed by atoms with Gasteiger partial charge in [0.1, 0.15) is 5.75 Å². The Balaban J connectivity index is 1.95. The van der Waals surface area contributed by atoms with Gasteiger partial charge in [-0.2, -0.15) is 22.0 Å². The number of hydrogen-bond acceptors (Lipinski definition) is 5. The van der Waals surface area contributed by atoms with Crippen molar-refractivity contribution in [2.45, 2.75) is 32.7 Å². The maximum absolute atomic E-state index is 12.7. The lowest BCUT2D eigenvalue weighted by Gasteiger charge is -2.19. The summed E-state index contributed by atoms with van der Waals surface area (Å²) in [5, 5.41) is 6.00. The second-order valence-electron chi connectivity index (χ2n) is 6.52. The fourth-order valence-electron chi connectivity index (χ4n) is 2.74. The Labute approximate surface area is 171 Å². The van der Waals surface area contributed by atoms with E-state index in [1.54, 1.807) is 0 Å². The number of halogens is 5. The number of aliphatic imine (C=N–C) groups is 1. The van der Waals surface area contributed by atoms with Crippen molar-refractivity contribution in [3.05, 3.63) is 17.7 Å². The standard InChI is InChI=1S/C18H25F5N4O3/c1-3-24-17(25-5-4-6-27(2)10-18(21,22)23)26-9-12-7-14-15(29-11-28-14)8-13(12)30-16(19)20/h7-8,16H,3-6,9-11H2,1-2H3,(H2,24,25,26). The van der Waals surface area contributed by atoms with Crippen LogP contribution in [-0.2, 0) is 6.54 Å². The van der Waals surface area contributed by atoms with Crippen LogP contribution in [0.2, 0.25) is 0 Å². The van der Waals surface area contributed by atoms with Gasteiger partial charge in [0.15, 0.2) is 17.5 Å². The first-order chi connectivity index (χ1) is 14.2. The average Bonchev–Trinajstić information content (AvgIpc) is 3.08. The Morgan fingerprint density at radius 3 is 2.57 bits per heavy atom. The zero-order valence-electron chi connectivity index (χ0n) is 16.7. The molecule has 0 aromatic heterocycles. The summed E-state index contributed by atoms with van der Waals surface area (Å²) < 4.78 is 77.4. The second kappa shape index (κ2) is 11.0. The molecule has 1 aromatic rings. The first kappa shape index (κ1) is 23.8. The van der Waals surface area contributed by atoms with Crippen LogP contribution in [-0.4, -0.2) is 63.7 Å². The van der Waals surface area contributed by atoms with Crippen LogP contribution in [0.25, 0.3) is 0 Å². The Kier molecular flexibility index (Phi) is 8.75. The van der Waals surface area contributed by atoms with Crippen LogP contribution >= 0.6 is 0 Å². The van der Waals surface area contributed by atoms with Gasteiger partial charge < -0.3 is 24.8 Å². The highest BCUT2D eigenvalue weighted by atomic mass is 19.4. The largest absolute Gasteiger partial charge is 0.454 e. The number of guanidine groups is 1. The van der Waals surface area contributed by atoms with Crippen LogP contribution in [0.15, 0.2) is 17.1 Å². The molecule has 1 aromatic carbocycles. The van der Waals surface area contributed by atoms with Crippen molar-refractivity contribution >= 4 is 5.96 Å². The van der Waals surface area contributed by atoms with Crippen molar-refractivity contribution < 1.29 is 36.2 Å². The van der Waals surface area contributed by atoms with Crippen molar-refractivity contribution in [1.82, 2.24) is 15.5 Å². The molecule has 2 rings (SSSR count). The number of nitrogens with one attached hydrogen (secondary N) is 2. The zero-order valence-corrected chi connectivity index (χ0v) is 16.7. The minimum atomic E-state index is -4.23. The average molecular weight is 440 g/mol. The predicted molar refractivity (Wildman–Crippen MR) is 100 cm³/mol. The summed E-state index contributed by atoms with van der Waals surface area (Å²) in [5.41, 5.74) is 0.377. The minimum Gasteiger partial charge on any atom is -0.454 e. The van der Waals surface area contributed by atoms with Crippen molar-refractivity contribution in [3.63, 3.8) is 0 Å². The molecular weight excluding hydrogens is 415 g/mol. The molecule has 0 aliphatic carbocycles. The number of ether oxygens (including phenoxy) is 3. The SMILES string of the molecule is CCNC(=NCc1cc2c(cc1OC(F)F)OCO2)NCCCN(C)CC(F)(F)F. The van der Waals surface area contributed by atoms with E-state index in [2.05, 4.69) is 20.4 Å². The first-order valence-electron chi connectivity index (χ1n) is 9.32. The molecule has 0 amide bonds. The lowest BCUT2D eigenvalue weighted by Crippen LogP contribution is -2.39. The molecule has 0 radical (unpaired) electrons. The fourth-order valence-corrected chi connectivity index (χ4v) is 2.74. The third kappa shape index (κ3) is 8.09. The van der Waals surface area contributed by atoms with Crippen molar-refractivity contribution in [3.8, 4) is 17.2 Å². The molecule has 0 spiro atoms. The van der Waals surface area contributed by atoms with E-state index in [0.29, 0.717) is 42.5 Å². The number of benzene rings is 1. The Morgan fingerprint density at radius 2 is 1.93 bits per heavy atom. The highest BCUT2D eigenvalue weighted by Gasteiger charge is 2.28. The van der Waals surface area contributed by atoms with Gasteiger partial charge in [-0.05, 0) is 33.0 Å². The minimum absolute atomic E-state index is 0.0108. The summed E-state index contributed by atoms with van der Waals surface area (Å²) in [4.78, 5) is 5.52. The van der Waals surface area contributed by atoms with Crippen molar-refractivity contribution in [2.75, 3.05) is 40.0 Å². The number of nitrogens with zero attached hydrogens (tertiary/aromatic N) is 2. The highest BCUT2D eigenvalue weighted by molar-refractivity contribution is 5.79. The van der Waals surface area contributed by atoms with E-state index in [0.717, 1.165) is 0 Å². The molecule has 0 saturated carbocycles. The fraction of sp³-hybridized carbons (Fsp3) is 0.611. The molecule has 1 aliphatic rings. The van der Waals surface area contributed by atoms with Crippen molar-refractivity contribution in [1.29, 1.82) is 0 Å². The van der Waals surface area contributed by atoms with E-state index in [9.17, 15) is 22.0 Å². The lowest BCUT2D eigenvalue weighted by molar-refractivity contribution is -0.143. The molecule has 0 atom stereocenters. The Bertz CT molecular complexity index is 716. The van der Waals surface area contributed by atoms with Gasteiger partial charge in [-0.1, -0.05) is 0 Å². The summed E-state index contributed by atoms with van der Waals surface area (Å²) >= 11 is 0. The van der Waals surface area contributed by atoms with Gasteiger partial charge in [-0.15, -0.1) is 0 Å². The number of hydrogen-bond donors (Lipinski definition) is 2. The van der Waals surface area contributed by atoms with E-state index in [1.165, 1.54) is 24.1 Å². The molecule has 1 aliphatic heterocycles. The van der Waals surface area contributed by atoms with Gasteiger partial charge >= 0.3 is 12.8 Å². The zero-order chi connectivity index (χ0) is 22.1. The van der Waals surface area contributed by atoms with Gasteiger partial charge in [0, 0.05) is 24.7 Å². The molecule has 30 heavy (non-hydrogen) atoms. The molecule has 12 heteroatoms. The molecular formula is C18H25F5N4O3. The number of rotatable bonds is 10. The van der Waals surface area contributed by atoms with Crippen LogP contribution in [0.3, 0.4) is 0 Å². The molecule has 1 heterocycles. The van der Waals surface area contributed by atoms with Gasteiger partial charge in [-0.3, -0.25) is 4.90 Å². The second-order valence-corrected chi connectivity index (χ2v) is 6.52. The Hall–Kier alpha value is -2.50. The quantitative estimate of drug-likeness (QED) is 0.252. The molecule has 0 bridgehead atoms. The summed E-state index contributed by atoms with van der Waals surface area (Å²) in [7, 11) is 1.40. The van der Waals surface area contributed by atoms with E-state index >= 15 is 0 Å². The third-order valence-corrected chi connectivity index (χ3v) is 3.98. The van der Waals surface area contributed by atoms with E-state index in [4.69, 9.17) is 9.47 Å². The molecule has 7 nitrogen and oxygen atoms in total. The molecule has 2 N–H and O–H groups in total. The van der Waals surface area contributed by atoms with Crippen molar-refractivity contribution in [2.24, 2.45) is 4.99 Å². The van der Waals surface area contributed by atoms with E-state index < -0.39 is 19.3 Å². The van der Waals surface area contributed by atoms with Crippen LogP contribution in [0.1, 0.15) is 18.9 Å². The summed E-state index contributed by atoms with van der Waals surface area (Å²) in [6.45, 7) is -0.950. The monoisotopic (exact) mass is 440 g/mol. The van der Waals surface area contributed by atoms with E-state index in [-0.39, 0.29) is 25.6 Å². The molecule has 170 valence electrons. The first-order valence-corrected chi connectivity index (χ1v) is 9.32. The summed E-state index contributed by atoms with van der Waals surface area (Å²) in [6.07, 6.45) is -3.78. The Morgan fingerprint density at radius 1 is 1.23 bits per heavy atom. The molecule has 0 saturated heterocycles. The predicted octanol–water partition coefficient (Wildman–Crippen LogP) is 2.96. The maximum atomic E-state index is 12.7. The molecule has 0 fully saturated rings. The highest BCUT2D eigenvalue weighted by Crippen LogP contribution is 2.39. The van der Waals surface area contributed by atoms with Crippen LogP contribution in [0.5, 0.6) is 17.2 Å². The van der Waals surface area contributed by atoms with Crippen LogP contribution in [0.4, 0.5) is 22.0 Å². The van der Waals surface area contributed by atoms with Gasteiger partial charge in [0.05, 0.1) is 13.1 Å². The summed E-state index contributed by atoms with van der Waals surface area (Å²) in [5.74, 6) is 1.05. The third-order valence-electron chi connectivity index (χ3n) is 3.98. The number of fused-ring (bicyclic) bond motifs is 1. The topological polar surface area (TPSA) is 67.4 Å². The smallest absolute Gasteiger partial charge is 0.401 e. The van der Waals surface area contributed by atoms with Crippen LogP contribution in [0, 0.1) is 0 Å². The van der Waals surface area contributed by atoms with Gasteiger partial charge in [0.2, 0.25) is 6.79 Å². The van der Waals surface area contributed by atoms with E-state index in [1.807, 2.05) is 6.92 Å². The number of alkyl halides is 5. The normalized spacial score (nSPS) is 13.8. The summed E-state index contributed by atoms with van der Waals surface area (Å²) in [6, 6.07) is 2.86.